The molecule has 0 aromatic heterocycles. The molecule has 1 heterocycles. The van der Waals surface area contributed by atoms with Gasteiger partial charge in [0.1, 0.15) is 5.25 Å². The standard InChI is InChI=1S/C9H17NO3S/c1-8(14(2,12)13)9(11)10-6-4-3-5-7-10/h8H,3-7H2,1-2H3. The fourth-order valence-electron chi connectivity index (χ4n) is 1.55. The van der Waals surface area contributed by atoms with E-state index in [1.54, 1.807) is 4.90 Å². The molecule has 1 saturated heterocycles. The van der Waals surface area contributed by atoms with Crippen LogP contribution in [0.2, 0.25) is 0 Å². The Morgan fingerprint density at radius 1 is 1.21 bits per heavy atom. The number of amides is 1. The molecule has 0 saturated carbocycles. The zero-order valence-electron chi connectivity index (χ0n) is 8.69. The van der Waals surface area contributed by atoms with E-state index in [4.69, 9.17) is 0 Å². The molecule has 0 aromatic rings. The Kier molecular flexibility index (Phi) is 3.53. The van der Waals surface area contributed by atoms with Gasteiger partial charge in [-0.15, -0.1) is 0 Å². The van der Waals surface area contributed by atoms with E-state index in [2.05, 4.69) is 0 Å². The first-order valence-electron chi connectivity index (χ1n) is 4.90. The van der Waals surface area contributed by atoms with E-state index in [9.17, 15) is 13.2 Å². The smallest absolute Gasteiger partial charge is 0.240 e. The van der Waals surface area contributed by atoms with Crippen LogP contribution in [0.25, 0.3) is 0 Å². The first-order valence-corrected chi connectivity index (χ1v) is 6.86. The van der Waals surface area contributed by atoms with Crippen molar-refractivity contribution in [3.63, 3.8) is 0 Å². The quantitative estimate of drug-likeness (QED) is 0.677. The second kappa shape index (κ2) is 4.29. The van der Waals surface area contributed by atoms with Crippen LogP contribution in [0, 0.1) is 0 Å². The lowest BCUT2D eigenvalue weighted by Crippen LogP contribution is -2.43. The molecule has 1 amide bonds. The minimum absolute atomic E-state index is 0.243. The van der Waals surface area contributed by atoms with Gasteiger partial charge < -0.3 is 4.90 Å². The topological polar surface area (TPSA) is 54.5 Å². The predicted molar refractivity (Wildman–Crippen MR) is 54.7 cm³/mol. The van der Waals surface area contributed by atoms with E-state index in [1.165, 1.54) is 6.92 Å². The van der Waals surface area contributed by atoms with Crippen LogP contribution < -0.4 is 0 Å². The second-order valence-electron chi connectivity index (χ2n) is 3.86. The molecule has 0 N–H and O–H groups in total. The summed E-state index contributed by atoms with van der Waals surface area (Å²) in [5, 5.41) is -0.888. The van der Waals surface area contributed by atoms with Gasteiger partial charge in [0.25, 0.3) is 0 Å². The van der Waals surface area contributed by atoms with Crippen LogP contribution in [-0.2, 0) is 14.6 Å². The van der Waals surface area contributed by atoms with Crippen LogP contribution in [-0.4, -0.2) is 43.8 Å². The van der Waals surface area contributed by atoms with Gasteiger partial charge in [0.2, 0.25) is 5.91 Å². The van der Waals surface area contributed by atoms with Gasteiger partial charge in [-0.1, -0.05) is 0 Å². The van der Waals surface area contributed by atoms with Gasteiger partial charge in [-0.05, 0) is 26.2 Å². The van der Waals surface area contributed by atoms with Crippen molar-refractivity contribution in [1.29, 1.82) is 0 Å². The summed E-state index contributed by atoms with van der Waals surface area (Å²) in [6.45, 7) is 2.88. The minimum Gasteiger partial charge on any atom is -0.342 e. The summed E-state index contributed by atoms with van der Waals surface area (Å²) >= 11 is 0. The third-order valence-corrected chi connectivity index (χ3v) is 4.14. The monoisotopic (exact) mass is 219 g/mol. The number of hydrogen-bond acceptors (Lipinski definition) is 3. The molecule has 1 aliphatic heterocycles. The molecule has 1 rings (SSSR count). The number of piperidine rings is 1. The van der Waals surface area contributed by atoms with Gasteiger partial charge >= 0.3 is 0 Å². The normalized spacial score (nSPS) is 20.6. The molecular formula is C9H17NO3S. The van der Waals surface area contributed by atoms with Crippen molar-refractivity contribution in [3.8, 4) is 0 Å². The van der Waals surface area contributed by atoms with Crippen LogP contribution in [0.1, 0.15) is 26.2 Å². The summed E-state index contributed by atoms with van der Waals surface area (Å²) < 4.78 is 22.3. The summed E-state index contributed by atoms with van der Waals surface area (Å²) in [4.78, 5) is 13.4. The third kappa shape index (κ3) is 2.70. The number of likely N-dealkylation sites (tertiary alicyclic amines) is 1. The van der Waals surface area contributed by atoms with Crippen LogP contribution >= 0.6 is 0 Å². The maximum Gasteiger partial charge on any atom is 0.240 e. The Hall–Kier alpha value is -0.580. The zero-order chi connectivity index (χ0) is 10.8. The first-order chi connectivity index (χ1) is 6.43. The number of carbonyl (C=O) groups excluding carboxylic acids is 1. The number of nitrogens with zero attached hydrogens (tertiary/aromatic N) is 1. The van der Waals surface area contributed by atoms with Crippen molar-refractivity contribution < 1.29 is 13.2 Å². The summed E-state index contributed by atoms with van der Waals surface area (Å²) in [5.74, 6) is -0.243. The van der Waals surface area contributed by atoms with E-state index in [-0.39, 0.29) is 5.91 Å². The molecule has 14 heavy (non-hydrogen) atoms. The van der Waals surface area contributed by atoms with Crippen molar-refractivity contribution in [2.45, 2.75) is 31.4 Å². The van der Waals surface area contributed by atoms with E-state index >= 15 is 0 Å². The lowest BCUT2D eigenvalue weighted by Gasteiger charge is -2.28. The highest BCUT2D eigenvalue weighted by atomic mass is 32.2. The molecule has 0 bridgehead atoms. The summed E-state index contributed by atoms with van der Waals surface area (Å²) in [5.41, 5.74) is 0. The third-order valence-electron chi connectivity index (χ3n) is 2.66. The van der Waals surface area contributed by atoms with Crippen LogP contribution in [0.4, 0.5) is 0 Å². The fourth-order valence-corrected chi connectivity index (χ4v) is 2.07. The molecule has 4 nitrogen and oxygen atoms in total. The van der Waals surface area contributed by atoms with Crippen LogP contribution in [0.15, 0.2) is 0 Å². The Morgan fingerprint density at radius 2 is 1.71 bits per heavy atom. The largest absolute Gasteiger partial charge is 0.342 e. The summed E-state index contributed by atoms with van der Waals surface area (Å²) in [7, 11) is -3.24. The van der Waals surface area contributed by atoms with Crippen LogP contribution in [0.5, 0.6) is 0 Å². The molecule has 0 radical (unpaired) electrons. The highest BCUT2D eigenvalue weighted by Gasteiger charge is 2.28. The molecule has 1 aliphatic rings. The molecule has 82 valence electrons. The maximum atomic E-state index is 11.7. The van der Waals surface area contributed by atoms with Gasteiger partial charge in [-0.2, -0.15) is 0 Å². The average Bonchev–Trinajstić information content (AvgIpc) is 2.15. The van der Waals surface area contributed by atoms with Crippen molar-refractivity contribution >= 4 is 15.7 Å². The Balaban J connectivity index is 2.64. The van der Waals surface area contributed by atoms with Crippen molar-refractivity contribution in [1.82, 2.24) is 4.90 Å². The highest BCUT2D eigenvalue weighted by Crippen LogP contribution is 2.12. The number of carbonyl (C=O) groups is 1. The molecular weight excluding hydrogens is 202 g/mol. The number of rotatable bonds is 2. The Bertz CT molecular complexity index is 304. The van der Waals surface area contributed by atoms with Gasteiger partial charge in [0, 0.05) is 19.3 Å². The second-order valence-corrected chi connectivity index (χ2v) is 6.22. The molecule has 1 fully saturated rings. The fraction of sp³-hybridized carbons (Fsp3) is 0.889. The lowest BCUT2D eigenvalue weighted by atomic mass is 10.1. The van der Waals surface area contributed by atoms with Gasteiger partial charge in [-0.3, -0.25) is 4.79 Å². The molecule has 1 unspecified atom stereocenters. The molecule has 0 aromatic carbocycles. The Labute approximate surface area is 85.2 Å². The highest BCUT2D eigenvalue weighted by molar-refractivity contribution is 7.92. The van der Waals surface area contributed by atoms with Crippen molar-refractivity contribution in [2.75, 3.05) is 19.3 Å². The number of hydrogen-bond donors (Lipinski definition) is 0. The molecule has 1 atom stereocenters. The summed E-state index contributed by atoms with van der Waals surface area (Å²) in [6.07, 6.45) is 4.22. The van der Waals surface area contributed by atoms with Gasteiger partial charge in [0.05, 0.1) is 0 Å². The van der Waals surface area contributed by atoms with Crippen molar-refractivity contribution in [2.24, 2.45) is 0 Å². The minimum atomic E-state index is -3.24. The maximum absolute atomic E-state index is 11.7. The van der Waals surface area contributed by atoms with Gasteiger partial charge in [0.15, 0.2) is 9.84 Å². The van der Waals surface area contributed by atoms with E-state index < -0.39 is 15.1 Å². The first kappa shape index (κ1) is 11.5. The lowest BCUT2D eigenvalue weighted by molar-refractivity contribution is -0.131. The van der Waals surface area contributed by atoms with E-state index in [0.29, 0.717) is 13.1 Å². The molecule has 0 spiro atoms. The zero-order valence-corrected chi connectivity index (χ0v) is 9.51. The Morgan fingerprint density at radius 3 is 2.14 bits per heavy atom. The van der Waals surface area contributed by atoms with Gasteiger partial charge in [-0.25, -0.2) is 8.42 Å². The molecule has 0 aliphatic carbocycles. The predicted octanol–water partition coefficient (Wildman–Crippen LogP) is 0.432. The number of sulfone groups is 1. The van der Waals surface area contributed by atoms with Crippen molar-refractivity contribution in [3.05, 3.63) is 0 Å². The van der Waals surface area contributed by atoms with Crippen LogP contribution in [0.3, 0.4) is 0 Å². The van der Waals surface area contributed by atoms with E-state index in [1.807, 2.05) is 0 Å². The summed E-state index contributed by atoms with van der Waals surface area (Å²) in [6, 6.07) is 0. The molecule has 5 heteroatoms. The SMILES string of the molecule is CC(C(=O)N1CCCCC1)S(C)(=O)=O. The average molecular weight is 219 g/mol. The van der Waals surface area contributed by atoms with E-state index in [0.717, 1.165) is 25.5 Å².